The Morgan fingerprint density at radius 2 is 2.11 bits per heavy atom. The lowest BCUT2D eigenvalue weighted by atomic mass is 10.2. The van der Waals surface area contributed by atoms with Crippen molar-refractivity contribution in [2.45, 2.75) is 13.2 Å². The van der Waals surface area contributed by atoms with E-state index in [9.17, 15) is 0 Å². The second-order valence-corrected chi connectivity index (χ2v) is 5.80. The highest BCUT2D eigenvalue weighted by atomic mass is 35.5. The molecule has 102 valence electrons. The summed E-state index contributed by atoms with van der Waals surface area (Å²) in [6, 6.07) is 9.67. The summed E-state index contributed by atoms with van der Waals surface area (Å²) in [5.41, 5.74) is 1.07. The van der Waals surface area contributed by atoms with Crippen molar-refractivity contribution >= 4 is 22.9 Å². The Morgan fingerprint density at radius 3 is 2.74 bits per heavy atom. The van der Waals surface area contributed by atoms with E-state index in [-0.39, 0.29) is 0 Å². The van der Waals surface area contributed by atoms with Crippen molar-refractivity contribution in [2.75, 3.05) is 14.2 Å². The molecule has 1 aromatic heterocycles. The number of benzene rings is 1. The lowest BCUT2D eigenvalue weighted by molar-refractivity contribution is 0.305. The molecule has 1 aromatic carbocycles. The topological polar surface area (TPSA) is 30.5 Å². The Kier molecular flexibility index (Phi) is 5.07. The molecule has 0 saturated heterocycles. The normalized spacial score (nSPS) is 10.5. The minimum Gasteiger partial charge on any atom is -0.497 e. The first-order chi connectivity index (χ1) is 9.22. The van der Waals surface area contributed by atoms with E-state index < -0.39 is 0 Å². The number of ether oxygens (including phenoxy) is 2. The largest absolute Gasteiger partial charge is 0.497 e. The molecule has 19 heavy (non-hydrogen) atoms. The van der Waals surface area contributed by atoms with Crippen LogP contribution in [-0.2, 0) is 13.2 Å². The summed E-state index contributed by atoms with van der Waals surface area (Å²) in [7, 11) is 3.56. The second-order valence-electron chi connectivity index (χ2n) is 4.00. The van der Waals surface area contributed by atoms with Gasteiger partial charge in [0, 0.05) is 17.0 Å². The molecule has 0 atom stereocenters. The van der Waals surface area contributed by atoms with Gasteiger partial charge in [-0.3, -0.25) is 0 Å². The van der Waals surface area contributed by atoms with Gasteiger partial charge in [-0.1, -0.05) is 11.6 Å². The molecule has 1 heterocycles. The molecule has 5 heteroatoms. The summed E-state index contributed by atoms with van der Waals surface area (Å²) in [5, 5.41) is 3.12. The number of hydrogen-bond acceptors (Lipinski definition) is 4. The Balaban J connectivity index is 2.10. The summed E-state index contributed by atoms with van der Waals surface area (Å²) in [4.78, 5) is 1.11. The predicted molar refractivity (Wildman–Crippen MR) is 79.4 cm³/mol. The molecular weight excluding hydrogens is 282 g/mol. The molecule has 2 aromatic rings. The molecule has 0 saturated carbocycles. The zero-order valence-electron chi connectivity index (χ0n) is 10.9. The number of thiophene rings is 1. The number of halogens is 1. The summed E-state index contributed by atoms with van der Waals surface area (Å²) in [6.07, 6.45) is 0. The van der Waals surface area contributed by atoms with Crippen molar-refractivity contribution in [3.05, 3.63) is 45.1 Å². The average molecular weight is 298 g/mol. The first kappa shape index (κ1) is 14.2. The summed E-state index contributed by atoms with van der Waals surface area (Å²) < 4.78 is 11.8. The first-order valence-corrected chi connectivity index (χ1v) is 7.11. The monoisotopic (exact) mass is 297 g/mol. The minimum atomic E-state index is 0.528. The van der Waals surface area contributed by atoms with Crippen molar-refractivity contribution in [1.29, 1.82) is 0 Å². The molecule has 0 fully saturated rings. The fourth-order valence-corrected chi connectivity index (χ4v) is 2.73. The van der Waals surface area contributed by atoms with Crippen LogP contribution in [0.3, 0.4) is 0 Å². The van der Waals surface area contributed by atoms with Gasteiger partial charge >= 0.3 is 0 Å². The van der Waals surface area contributed by atoms with E-state index >= 15 is 0 Å². The van der Waals surface area contributed by atoms with E-state index in [4.69, 9.17) is 21.1 Å². The van der Waals surface area contributed by atoms with Crippen LogP contribution in [0.15, 0.2) is 30.3 Å². The Hall–Kier alpha value is -1.23. The molecule has 0 amide bonds. The predicted octanol–water partition coefficient (Wildman–Crippen LogP) is 3.71. The number of hydrogen-bond donors (Lipinski definition) is 1. The third-order valence-corrected chi connectivity index (χ3v) is 3.84. The lowest BCUT2D eigenvalue weighted by Gasteiger charge is -2.12. The molecule has 0 bridgehead atoms. The van der Waals surface area contributed by atoms with Crippen LogP contribution < -0.4 is 14.8 Å². The van der Waals surface area contributed by atoms with Gasteiger partial charge in [0.1, 0.15) is 18.1 Å². The van der Waals surface area contributed by atoms with Gasteiger partial charge in [-0.2, -0.15) is 0 Å². The zero-order chi connectivity index (χ0) is 13.7. The maximum absolute atomic E-state index is 5.90. The van der Waals surface area contributed by atoms with Crippen molar-refractivity contribution in [1.82, 2.24) is 5.32 Å². The highest BCUT2D eigenvalue weighted by Crippen LogP contribution is 2.27. The van der Waals surface area contributed by atoms with E-state index in [1.165, 1.54) is 11.3 Å². The van der Waals surface area contributed by atoms with E-state index in [0.717, 1.165) is 32.8 Å². The molecule has 0 aliphatic carbocycles. The van der Waals surface area contributed by atoms with Gasteiger partial charge in [-0.15, -0.1) is 11.3 Å². The molecule has 0 unspecified atom stereocenters. The highest BCUT2D eigenvalue weighted by molar-refractivity contribution is 7.16. The Bertz CT molecular complexity index is 542. The van der Waals surface area contributed by atoms with Crippen LogP contribution >= 0.6 is 22.9 Å². The van der Waals surface area contributed by atoms with Crippen LogP contribution in [0.25, 0.3) is 0 Å². The van der Waals surface area contributed by atoms with Crippen molar-refractivity contribution in [2.24, 2.45) is 0 Å². The van der Waals surface area contributed by atoms with Crippen LogP contribution in [0.1, 0.15) is 10.4 Å². The van der Waals surface area contributed by atoms with Gasteiger partial charge in [0.05, 0.1) is 11.4 Å². The SMILES string of the molecule is CNCc1cc(OC)ccc1OCc1ccc(Cl)s1. The summed E-state index contributed by atoms with van der Waals surface area (Å²) >= 11 is 7.43. The van der Waals surface area contributed by atoms with Gasteiger partial charge in [0.15, 0.2) is 0 Å². The molecule has 0 spiro atoms. The van der Waals surface area contributed by atoms with Gasteiger partial charge < -0.3 is 14.8 Å². The third-order valence-electron chi connectivity index (χ3n) is 2.63. The molecule has 0 radical (unpaired) electrons. The standard InChI is InChI=1S/C14H16ClNO2S/c1-16-8-10-7-11(17-2)3-5-13(10)18-9-12-4-6-14(15)19-12/h3-7,16H,8-9H2,1-2H3. The maximum atomic E-state index is 5.90. The van der Waals surface area contributed by atoms with Gasteiger partial charge in [0.25, 0.3) is 0 Å². The fourth-order valence-electron chi connectivity index (χ4n) is 1.73. The van der Waals surface area contributed by atoms with Gasteiger partial charge in [-0.25, -0.2) is 0 Å². The van der Waals surface area contributed by atoms with E-state index in [2.05, 4.69) is 5.32 Å². The number of rotatable bonds is 6. The van der Waals surface area contributed by atoms with Crippen LogP contribution in [0.5, 0.6) is 11.5 Å². The summed E-state index contributed by atoms with van der Waals surface area (Å²) in [6.45, 7) is 1.26. The molecule has 0 aliphatic heterocycles. The third kappa shape index (κ3) is 3.86. The van der Waals surface area contributed by atoms with Crippen LogP contribution in [0.4, 0.5) is 0 Å². The van der Waals surface area contributed by atoms with Crippen LogP contribution in [0, 0.1) is 0 Å². The van der Waals surface area contributed by atoms with Gasteiger partial charge in [0.2, 0.25) is 0 Å². The van der Waals surface area contributed by atoms with E-state index in [1.54, 1.807) is 7.11 Å². The summed E-state index contributed by atoms with van der Waals surface area (Å²) in [5.74, 6) is 1.69. The minimum absolute atomic E-state index is 0.528. The molecule has 3 nitrogen and oxygen atoms in total. The number of methoxy groups -OCH3 is 1. The fraction of sp³-hybridized carbons (Fsp3) is 0.286. The lowest BCUT2D eigenvalue weighted by Crippen LogP contribution is -2.07. The van der Waals surface area contributed by atoms with Gasteiger partial charge in [-0.05, 0) is 37.4 Å². The quantitative estimate of drug-likeness (QED) is 0.882. The van der Waals surface area contributed by atoms with Crippen molar-refractivity contribution < 1.29 is 9.47 Å². The Labute approximate surface area is 122 Å². The van der Waals surface area contributed by atoms with Crippen molar-refractivity contribution in [3.63, 3.8) is 0 Å². The van der Waals surface area contributed by atoms with Crippen LogP contribution in [-0.4, -0.2) is 14.2 Å². The van der Waals surface area contributed by atoms with E-state index in [1.807, 2.05) is 37.4 Å². The van der Waals surface area contributed by atoms with E-state index in [0.29, 0.717) is 6.61 Å². The molecule has 2 rings (SSSR count). The first-order valence-electron chi connectivity index (χ1n) is 5.91. The molecule has 0 aliphatic rings. The number of nitrogens with one attached hydrogen (secondary N) is 1. The maximum Gasteiger partial charge on any atom is 0.124 e. The zero-order valence-corrected chi connectivity index (χ0v) is 12.5. The average Bonchev–Trinajstić information content (AvgIpc) is 2.83. The molecule has 1 N–H and O–H groups in total. The van der Waals surface area contributed by atoms with Crippen molar-refractivity contribution in [3.8, 4) is 11.5 Å². The molecular formula is C14H16ClNO2S. The smallest absolute Gasteiger partial charge is 0.124 e. The highest BCUT2D eigenvalue weighted by Gasteiger charge is 2.06. The Morgan fingerprint density at radius 1 is 1.26 bits per heavy atom. The van der Waals surface area contributed by atoms with Crippen LogP contribution in [0.2, 0.25) is 4.34 Å². The second kappa shape index (κ2) is 6.80.